The standard InChI is InChI=1S/C30H35Cl/c1-2-23-3-5-24(6-4-23)7-8-25-9-11-26(12-10-25)13-14-27-15-17-28(18-16-27)29-19-21-30(31)22-20-29/h3-6,15-22,25-26H,2,7-14H2,1H3/t25-,26-. The minimum atomic E-state index is 0.792. The van der Waals surface area contributed by atoms with Crippen molar-refractivity contribution >= 4 is 11.6 Å². The Morgan fingerprint density at radius 1 is 0.581 bits per heavy atom. The smallest absolute Gasteiger partial charge is 0.0406 e. The zero-order chi connectivity index (χ0) is 21.5. The second kappa shape index (κ2) is 11.0. The molecule has 3 aromatic rings. The second-order valence-corrected chi connectivity index (χ2v) is 9.77. The molecule has 0 saturated heterocycles. The molecule has 4 rings (SSSR count). The molecule has 162 valence electrons. The van der Waals surface area contributed by atoms with Crippen LogP contribution >= 0.6 is 11.6 Å². The van der Waals surface area contributed by atoms with Gasteiger partial charge in [0, 0.05) is 5.02 Å². The molecule has 0 heterocycles. The fraction of sp³-hybridized carbons (Fsp3) is 0.400. The van der Waals surface area contributed by atoms with Crippen molar-refractivity contribution in [3.05, 3.63) is 94.5 Å². The first-order chi connectivity index (χ1) is 15.2. The Hall–Kier alpha value is -2.05. The predicted octanol–water partition coefficient (Wildman–Crippen LogP) is 8.94. The van der Waals surface area contributed by atoms with E-state index in [1.807, 2.05) is 12.1 Å². The van der Waals surface area contributed by atoms with Gasteiger partial charge in [-0.3, -0.25) is 0 Å². The van der Waals surface area contributed by atoms with Gasteiger partial charge in [0.05, 0.1) is 0 Å². The van der Waals surface area contributed by atoms with Crippen molar-refractivity contribution in [2.75, 3.05) is 0 Å². The molecule has 0 unspecified atom stereocenters. The molecule has 0 aromatic heterocycles. The van der Waals surface area contributed by atoms with E-state index in [1.54, 1.807) is 0 Å². The minimum Gasteiger partial charge on any atom is -0.0843 e. The van der Waals surface area contributed by atoms with Crippen molar-refractivity contribution in [2.24, 2.45) is 11.8 Å². The van der Waals surface area contributed by atoms with Gasteiger partial charge in [-0.25, -0.2) is 0 Å². The minimum absolute atomic E-state index is 0.792. The van der Waals surface area contributed by atoms with E-state index in [-0.39, 0.29) is 0 Å². The van der Waals surface area contributed by atoms with Crippen molar-refractivity contribution in [3.63, 3.8) is 0 Å². The number of hydrogen-bond acceptors (Lipinski definition) is 0. The summed E-state index contributed by atoms with van der Waals surface area (Å²) < 4.78 is 0. The van der Waals surface area contributed by atoms with E-state index < -0.39 is 0 Å². The maximum absolute atomic E-state index is 6.00. The molecule has 0 atom stereocenters. The molecule has 1 aliphatic carbocycles. The molecule has 3 aromatic carbocycles. The van der Waals surface area contributed by atoms with Crippen LogP contribution in [-0.2, 0) is 19.3 Å². The SMILES string of the molecule is CCc1ccc(CC[C@H]2CC[C@H](CCc3ccc(-c4ccc(Cl)cc4)cc3)CC2)cc1. The van der Waals surface area contributed by atoms with Gasteiger partial charge in [-0.05, 0) is 83.9 Å². The van der Waals surface area contributed by atoms with Gasteiger partial charge in [-0.15, -0.1) is 0 Å². The first-order valence-corrected chi connectivity index (χ1v) is 12.5. The Kier molecular flexibility index (Phi) is 7.86. The van der Waals surface area contributed by atoms with Gasteiger partial charge < -0.3 is 0 Å². The molecule has 0 radical (unpaired) electrons. The normalized spacial score (nSPS) is 18.8. The summed E-state index contributed by atoms with van der Waals surface area (Å²) in [5, 5.41) is 0.792. The lowest BCUT2D eigenvalue weighted by atomic mass is 9.77. The fourth-order valence-electron chi connectivity index (χ4n) is 5.00. The van der Waals surface area contributed by atoms with Crippen LogP contribution in [0.3, 0.4) is 0 Å². The third kappa shape index (κ3) is 6.47. The summed E-state index contributed by atoms with van der Waals surface area (Å²) in [7, 11) is 0. The van der Waals surface area contributed by atoms with Crippen LogP contribution < -0.4 is 0 Å². The quantitative estimate of drug-likeness (QED) is 0.334. The highest BCUT2D eigenvalue weighted by atomic mass is 35.5. The van der Waals surface area contributed by atoms with Crippen LogP contribution in [0.25, 0.3) is 11.1 Å². The van der Waals surface area contributed by atoms with Crippen LogP contribution in [0.2, 0.25) is 5.02 Å². The second-order valence-electron chi connectivity index (χ2n) is 9.34. The molecule has 1 heteroatoms. The zero-order valence-corrected chi connectivity index (χ0v) is 19.6. The largest absolute Gasteiger partial charge is 0.0843 e. The molecular weight excluding hydrogens is 396 g/mol. The highest BCUT2D eigenvalue weighted by molar-refractivity contribution is 6.30. The molecule has 1 saturated carbocycles. The first-order valence-electron chi connectivity index (χ1n) is 12.1. The van der Waals surface area contributed by atoms with Crippen molar-refractivity contribution in [2.45, 2.75) is 64.7 Å². The van der Waals surface area contributed by atoms with E-state index in [9.17, 15) is 0 Å². The molecule has 0 aliphatic heterocycles. The van der Waals surface area contributed by atoms with Crippen LogP contribution in [0.5, 0.6) is 0 Å². The number of rotatable bonds is 8. The monoisotopic (exact) mass is 430 g/mol. The average molecular weight is 431 g/mol. The topological polar surface area (TPSA) is 0 Å². The lowest BCUT2D eigenvalue weighted by molar-refractivity contribution is 0.253. The number of benzene rings is 3. The van der Waals surface area contributed by atoms with Gasteiger partial charge in [0.2, 0.25) is 0 Å². The molecule has 31 heavy (non-hydrogen) atoms. The van der Waals surface area contributed by atoms with E-state index >= 15 is 0 Å². The average Bonchev–Trinajstić information content (AvgIpc) is 2.83. The third-order valence-corrected chi connectivity index (χ3v) is 7.46. The van der Waals surface area contributed by atoms with E-state index in [2.05, 4.69) is 67.6 Å². The predicted molar refractivity (Wildman–Crippen MR) is 135 cm³/mol. The van der Waals surface area contributed by atoms with E-state index in [0.29, 0.717) is 0 Å². The van der Waals surface area contributed by atoms with Crippen LogP contribution in [0, 0.1) is 11.8 Å². The summed E-state index contributed by atoms with van der Waals surface area (Å²) in [6.45, 7) is 2.23. The Morgan fingerprint density at radius 2 is 0.968 bits per heavy atom. The molecule has 0 spiro atoms. The fourth-order valence-corrected chi connectivity index (χ4v) is 5.12. The highest BCUT2D eigenvalue weighted by Gasteiger charge is 2.20. The number of hydrogen-bond donors (Lipinski definition) is 0. The van der Waals surface area contributed by atoms with Crippen LogP contribution in [0.15, 0.2) is 72.8 Å². The van der Waals surface area contributed by atoms with Gasteiger partial charge in [-0.1, -0.05) is 105 Å². The van der Waals surface area contributed by atoms with Gasteiger partial charge >= 0.3 is 0 Å². The van der Waals surface area contributed by atoms with Crippen molar-refractivity contribution in [3.8, 4) is 11.1 Å². The summed E-state index contributed by atoms with van der Waals surface area (Å²) in [6, 6.07) is 26.5. The maximum atomic E-state index is 6.00. The Balaban J connectivity index is 1.18. The third-order valence-electron chi connectivity index (χ3n) is 7.21. The molecule has 0 nitrogen and oxygen atoms in total. The lowest BCUT2D eigenvalue weighted by Crippen LogP contribution is -2.15. The summed E-state index contributed by atoms with van der Waals surface area (Å²) in [5.41, 5.74) is 6.93. The first kappa shape index (κ1) is 22.2. The Morgan fingerprint density at radius 3 is 1.42 bits per heavy atom. The van der Waals surface area contributed by atoms with Gasteiger partial charge in [-0.2, -0.15) is 0 Å². The lowest BCUT2D eigenvalue weighted by Gasteiger charge is -2.28. The van der Waals surface area contributed by atoms with Crippen molar-refractivity contribution in [1.82, 2.24) is 0 Å². The van der Waals surface area contributed by atoms with Gasteiger partial charge in [0.15, 0.2) is 0 Å². The molecule has 1 aliphatic rings. The molecule has 0 N–H and O–H groups in total. The molecular formula is C30H35Cl. The van der Waals surface area contributed by atoms with E-state index in [0.717, 1.165) is 23.3 Å². The van der Waals surface area contributed by atoms with Crippen LogP contribution in [0.4, 0.5) is 0 Å². The highest BCUT2D eigenvalue weighted by Crippen LogP contribution is 2.34. The molecule has 0 amide bonds. The summed E-state index contributed by atoms with van der Waals surface area (Å²) in [4.78, 5) is 0. The summed E-state index contributed by atoms with van der Waals surface area (Å²) in [5.74, 6) is 1.84. The Labute approximate surface area is 193 Å². The van der Waals surface area contributed by atoms with Gasteiger partial charge in [0.1, 0.15) is 0 Å². The number of aryl methyl sites for hydroxylation is 3. The summed E-state index contributed by atoms with van der Waals surface area (Å²) in [6.07, 6.45) is 12.0. The van der Waals surface area contributed by atoms with Crippen molar-refractivity contribution < 1.29 is 0 Å². The molecule has 0 bridgehead atoms. The van der Waals surface area contributed by atoms with E-state index in [1.165, 1.54) is 79.2 Å². The van der Waals surface area contributed by atoms with E-state index in [4.69, 9.17) is 11.6 Å². The van der Waals surface area contributed by atoms with Crippen LogP contribution in [-0.4, -0.2) is 0 Å². The van der Waals surface area contributed by atoms with Gasteiger partial charge in [0.25, 0.3) is 0 Å². The van der Waals surface area contributed by atoms with Crippen LogP contribution in [0.1, 0.15) is 62.1 Å². The zero-order valence-electron chi connectivity index (χ0n) is 18.8. The maximum Gasteiger partial charge on any atom is 0.0406 e. The van der Waals surface area contributed by atoms with Crippen molar-refractivity contribution in [1.29, 1.82) is 0 Å². The summed E-state index contributed by atoms with van der Waals surface area (Å²) >= 11 is 6.00. The Bertz CT molecular complexity index is 914. The molecule has 1 fully saturated rings. The number of halogens is 1.